The molecule has 0 saturated carbocycles. The van der Waals surface area contributed by atoms with Crippen molar-refractivity contribution in [3.63, 3.8) is 0 Å². The van der Waals surface area contributed by atoms with E-state index in [0.717, 1.165) is 12.8 Å². The zero-order valence-electron chi connectivity index (χ0n) is 10.0. The van der Waals surface area contributed by atoms with Gasteiger partial charge in [-0.3, -0.25) is 14.9 Å². The van der Waals surface area contributed by atoms with Gasteiger partial charge in [-0.05, 0) is 18.8 Å². The lowest BCUT2D eigenvalue weighted by molar-refractivity contribution is -0.124. The van der Waals surface area contributed by atoms with Crippen LogP contribution in [0.5, 0.6) is 0 Å². The first-order chi connectivity index (χ1) is 7.56. The van der Waals surface area contributed by atoms with Crippen LogP contribution < -0.4 is 16.0 Å². The first-order valence-corrected chi connectivity index (χ1v) is 5.57. The summed E-state index contributed by atoms with van der Waals surface area (Å²) in [5, 5.41) is 7.97. The Balaban J connectivity index is 2.48. The Morgan fingerprint density at radius 2 is 1.81 bits per heavy atom. The molecule has 0 saturated heterocycles. The second kappa shape index (κ2) is 5.53. The molecular formula is C11H19N3O2. The molecule has 1 aliphatic heterocycles. The highest BCUT2D eigenvalue weighted by Crippen LogP contribution is 2.07. The minimum atomic E-state index is -0.362. The highest BCUT2D eigenvalue weighted by Gasteiger charge is 2.29. The first-order valence-electron chi connectivity index (χ1n) is 5.57. The third kappa shape index (κ3) is 2.98. The Kier molecular flexibility index (Phi) is 4.34. The van der Waals surface area contributed by atoms with Crippen LogP contribution in [-0.2, 0) is 9.59 Å². The second-order valence-corrected chi connectivity index (χ2v) is 4.25. The van der Waals surface area contributed by atoms with Crippen molar-refractivity contribution in [2.24, 2.45) is 5.92 Å². The fourth-order valence-corrected chi connectivity index (χ4v) is 1.59. The Hall–Kier alpha value is -1.52. The molecule has 1 aliphatic rings. The van der Waals surface area contributed by atoms with E-state index < -0.39 is 0 Å². The summed E-state index contributed by atoms with van der Waals surface area (Å²) in [5.74, 6) is -0.0589. The summed E-state index contributed by atoms with van der Waals surface area (Å²) < 4.78 is 0. The normalized spacial score (nSPS) is 15.8. The summed E-state index contributed by atoms with van der Waals surface area (Å²) in [5.41, 5.74) is 0.686. The molecule has 16 heavy (non-hydrogen) atoms. The number of imide groups is 1. The Bertz CT molecular complexity index is 321. The van der Waals surface area contributed by atoms with Crippen LogP contribution in [0.25, 0.3) is 0 Å². The molecule has 3 N–H and O–H groups in total. The third-order valence-corrected chi connectivity index (χ3v) is 2.44. The number of rotatable bonds is 6. The lowest BCUT2D eigenvalue weighted by atomic mass is 10.1. The zero-order chi connectivity index (χ0) is 12.1. The summed E-state index contributed by atoms with van der Waals surface area (Å²) in [6.07, 6.45) is 2.09. The molecule has 0 bridgehead atoms. The van der Waals surface area contributed by atoms with E-state index >= 15 is 0 Å². The molecule has 0 aromatic rings. The molecule has 0 radical (unpaired) electrons. The maximum absolute atomic E-state index is 11.4. The van der Waals surface area contributed by atoms with Crippen molar-refractivity contribution in [1.29, 1.82) is 0 Å². The van der Waals surface area contributed by atoms with Gasteiger partial charge in [0.1, 0.15) is 11.4 Å². The van der Waals surface area contributed by atoms with Gasteiger partial charge in [-0.1, -0.05) is 13.8 Å². The van der Waals surface area contributed by atoms with Crippen molar-refractivity contribution >= 4 is 11.8 Å². The van der Waals surface area contributed by atoms with Gasteiger partial charge in [0.2, 0.25) is 0 Å². The molecule has 0 spiro atoms. The predicted molar refractivity (Wildman–Crippen MR) is 61.3 cm³/mol. The van der Waals surface area contributed by atoms with E-state index in [2.05, 4.69) is 29.8 Å². The van der Waals surface area contributed by atoms with E-state index in [1.54, 1.807) is 7.05 Å². The van der Waals surface area contributed by atoms with Crippen molar-refractivity contribution in [3.8, 4) is 0 Å². The first kappa shape index (κ1) is 12.5. The van der Waals surface area contributed by atoms with Gasteiger partial charge in [0, 0.05) is 13.6 Å². The van der Waals surface area contributed by atoms with Gasteiger partial charge in [0.05, 0.1) is 0 Å². The van der Waals surface area contributed by atoms with Gasteiger partial charge in [-0.15, -0.1) is 0 Å². The maximum atomic E-state index is 11.4. The van der Waals surface area contributed by atoms with E-state index in [-0.39, 0.29) is 11.8 Å². The molecule has 5 heteroatoms. The SMILES string of the molecule is CNC1=C(NCCCC(C)C)C(=O)NC1=O. The number of hydrogen-bond donors (Lipinski definition) is 3. The van der Waals surface area contributed by atoms with Gasteiger partial charge in [-0.2, -0.15) is 0 Å². The summed E-state index contributed by atoms with van der Waals surface area (Å²) in [4.78, 5) is 22.7. The molecule has 0 aromatic carbocycles. The fourth-order valence-electron chi connectivity index (χ4n) is 1.59. The van der Waals surface area contributed by atoms with Crippen LogP contribution in [0.15, 0.2) is 11.4 Å². The maximum Gasteiger partial charge on any atom is 0.276 e. The van der Waals surface area contributed by atoms with Gasteiger partial charge < -0.3 is 10.6 Å². The molecule has 0 aliphatic carbocycles. The average Bonchev–Trinajstić information content (AvgIpc) is 2.47. The number of hydrogen-bond acceptors (Lipinski definition) is 4. The zero-order valence-corrected chi connectivity index (χ0v) is 10.0. The number of likely N-dealkylation sites (N-methyl/N-ethyl adjacent to an activating group) is 1. The standard InChI is InChI=1S/C11H19N3O2/c1-7(2)5-4-6-13-9-8(12-3)10(15)14-11(9)16/h7H,4-6H2,1-3H3,(H3,12,13,14,15,16). The monoisotopic (exact) mass is 225 g/mol. The third-order valence-electron chi connectivity index (χ3n) is 2.44. The van der Waals surface area contributed by atoms with E-state index in [1.165, 1.54) is 0 Å². The molecule has 1 heterocycles. The van der Waals surface area contributed by atoms with Crippen LogP contribution in [0.2, 0.25) is 0 Å². The highest BCUT2D eigenvalue weighted by atomic mass is 16.2. The lowest BCUT2D eigenvalue weighted by Crippen LogP contribution is -2.27. The average molecular weight is 225 g/mol. The van der Waals surface area contributed by atoms with Crippen LogP contribution in [-0.4, -0.2) is 25.4 Å². The summed E-state index contributed by atoms with van der Waals surface area (Å²) in [7, 11) is 1.63. The molecule has 0 aromatic heterocycles. The molecule has 0 fully saturated rings. The highest BCUT2D eigenvalue weighted by molar-refractivity contribution is 6.18. The van der Waals surface area contributed by atoms with Crippen molar-refractivity contribution in [3.05, 3.63) is 11.4 Å². The number of carbonyl (C=O) groups is 2. The van der Waals surface area contributed by atoms with Crippen LogP contribution >= 0.6 is 0 Å². The summed E-state index contributed by atoms with van der Waals surface area (Å²) >= 11 is 0. The molecule has 0 atom stereocenters. The number of nitrogens with one attached hydrogen (secondary N) is 3. The van der Waals surface area contributed by atoms with E-state index in [1.807, 2.05) is 0 Å². The Morgan fingerprint density at radius 3 is 2.38 bits per heavy atom. The number of amides is 2. The van der Waals surface area contributed by atoms with Gasteiger partial charge >= 0.3 is 0 Å². The predicted octanol–water partition coefficient (Wildman–Crippen LogP) is 0.0996. The van der Waals surface area contributed by atoms with Crippen LogP contribution in [0.4, 0.5) is 0 Å². The van der Waals surface area contributed by atoms with Crippen LogP contribution in [0.3, 0.4) is 0 Å². The molecular weight excluding hydrogens is 206 g/mol. The van der Waals surface area contributed by atoms with Crippen molar-refractivity contribution in [2.45, 2.75) is 26.7 Å². The van der Waals surface area contributed by atoms with E-state index in [0.29, 0.717) is 23.9 Å². The fraction of sp³-hybridized carbons (Fsp3) is 0.636. The van der Waals surface area contributed by atoms with Crippen molar-refractivity contribution in [2.75, 3.05) is 13.6 Å². The van der Waals surface area contributed by atoms with Gasteiger partial charge in [0.25, 0.3) is 11.8 Å². The van der Waals surface area contributed by atoms with E-state index in [4.69, 9.17) is 0 Å². The summed E-state index contributed by atoms with van der Waals surface area (Å²) in [6.45, 7) is 5.02. The molecule has 2 amide bonds. The van der Waals surface area contributed by atoms with Gasteiger partial charge in [0.15, 0.2) is 0 Å². The second-order valence-electron chi connectivity index (χ2n) is 4.25. The molecule has 1 rings (SSSR count). The number of carbonyl (C=O) groups excluding carboxylic acids is 2. The molecule has 0 unspecified atom stereocenters. The summed E-state index contributed by atoms with van der Waals surface area (Å²) in [6, 6.07) is 0. The Labute approximate surface area is 95.7 Å². The Morgan fingerprint density at radius 1 is 1.19 bits per heavy atom. The molecule has 5 nitrogen and oxygen atoms in total. The largest absolute Gasteiger partial charge is 0.382 e. The minimum Gasteiger partial charge on any atom is -0.382 e. The van der Waals surface area contributed by atoms with Gasteiger partial charge in [-0.25, -0.2) is 0 Å². The lowest BCUT2D eigenvalue weighted by Gasteiger charge is -2.08. The van der Waals surface area contributed by atoms with Crippen LogP contribution in [0.1, 0.15) is 26.7 Å². The van der Waals surface area contributed by atoms with Crippen molar-refractivity contribution in [1.82, 2.24) is 16.0 Å². The smallest absolute Gasteiger partial charge is 0.276 e. The van der Waals surface area contributed by atoms with E-state index in [9.17, 15) is 9.59 Å². The minimum absolute atomic E-state index is 0.328. The molecule has 90 valence electrons. The topological polar surface area (TPSA) is 70.2 Å². The van der Waals surface area contributed by atoms with Crippen molar-refractivity contribution < 1.29 is 9.59 Å². The van der Waals surface area contributed by atoms with Crippen LogP contribution in [0, 0.1) is 5.92 Å². The quantitative estimate of drug-likeness (QED) is 0.443.